The number of H-pyrrole nitrogens is 1. The molecule has 0 saturated carbocycles. The number of hydrogen-bond donors (Lipinski definition) is 3. The molecule has 3 N–H and O–H groups in total. The molecule has 8 heteroatoms. The highest BCUT2D eigenvalue weighted by Gasteiger charge is 2.15. The summed E-state index contributed by atoms with van der Waals surface area (Å²) < 4.78 is 0. The Balaban J connectivity index is 2.02. The van der Waals surface area contributed by atoms with Crippen LogP contribution in [0, 0.1) is 6.92 Å². The Bertz CT molecular complexity index is 725. The summed E-state index contributed by atoms with van der Waals surface area (Å²) in [6.07, 6.45) is 0.221. The zero-order valence-corrected chi connectivity index (χ0v) is 14.3. The fourth-order valence-electron chi connectivity index (χ4n) is 2.09. The third-order valence-corrected chi connectivity index (χ3v) is 3.46. The number of nitrogens with zero attached hydrogens (tertiary/aromatic N) is 3. The van der Waals surface area contributed by atoms with Crippen LogP contribution in [0.2, 0.25) is 0 Å². The van der Waals surface area contributed by atoms with Gasteiger partial charge in [0.2, 0.25) is 5.91 Å². The van der Waals surface area contributed by atoms with E-state index in [0.717, 1.165) is 5.56 Å². The first-order valence-electron chi connectivity index (χ1n) is 7.61. The molecule has 1 atom stereocenters. The van der Waals surface area contributed by atoms with Gasteiger partial charge in [-0.25, -0.2) is 9.78 Å². The second kappa shape index (κ2) is 7.58. The minimum atomic E-state index is -0.380. The van der Waals surface area contributed by atoms with Crippen LogP contribution in [0.4, 0.5) is 10.5 Å². The number of benzene rings is 1. The maximum atomic E-state index is 12.2. The first-order chi connectivity index (χ1) is 11.4. The Hall–Kier alpha value is -2.90. The number of aromatic amines is 1. The second-order valence-corrected chi connectivity index (χ2v) is 5.72. The lowest BCUT2D eigenvalue weighted by molar-refractivity contribution is -0.127. The molecular weight excluding hydrogens is 308 g/mol. The van der Waals surface area contributed by atoms with Crippen LogP contribution in [-0.2, 0) is 11.2 Å². The van der Waals surface area contributed by atoms with Crippen molar-refractivity contribution in [3.05, 3.63) is 41.5 Å². The van der Waals surface area contributed by atoms with Crippen molar-refractivity contribution in [1.29, 1.82) is 0 Å². The highest BCUT2D eigenvalue weighted by Crippen LogP contribution is 2.16. The van der Waals surface area contributed by atoms with Crippen LogP contribution in [-0.4, -0.2) is 46.1 Å². The number of para-hydroxylation sites is 1. The summed E-state index contributed by atoms with van der Waals surface area (Å²) in [5.74, 6) is 1.17. The van der Waals surface area contributed by atoms with Crippen LogP contribution in [0.15, 0.2) is 24.3 Å². The number of carbonyl (C=O) groups excluding carboxylic acids is 2. The average Bonchev–Trinajstić information content (AvgIpc) is 2.95. The van der Waals surface area contributed by atoms with E-state index in [4.69, 9.17) is 0 Å². The van der Waals surface area contributed by atoms with Gasteiger partial charge < -0.3 is 15.5 Å². The Morgan fingerprint density at radius 1 is 1.29 bits per heavy atom. The van der Waals surface area contributed by atoms with Gasteiger partial charge >= 0.3 is 6.03 Å². The van der Waals surface area contributed by atoms with Crippen LogP contribution in [0.3, 0.4) is 0 Å². The third-order valence-electron chi connectivity index (χ3n) is 3.46. The van der Waals surface area contributed by atoms with Crippen LogP contribution in [0.25, 0.3) is 0 Å². The lowest BCUT2D eigenvalue weighted by Crippen LogP contribution is -2.32. The van der Waals surface area contributed by atoms with Gasteiger partial charge in [0.25, 0.3) is 0 Å². The molecular formula is C16H22N6O2. The second-order valence-electron chi connectivity index (χ2n) is 5.72. The lowest BCUT2D eigenvalue weighted by Gasteiger charge is -2.15. The molecule has 0 bridgehead atoms. The SMILES string of the molecule is Cc1nc([C@H](C)NC(=O)Nc2ccccc2CC(=O)N(C)C)n[nH]1. The minimum absolute atomic E-state index is 0.0331. The van der Waals surface area contributed by atoms with Crippen molar-refractivity contribution in [3.63, 3.8) is 0 Å². The van der Waals surface area contributed by atoms with Crippen molar-refractivity contribution in [1.82, 2.24) is 25.4 Å². The smallest absolute Gasteiger partial charge is 0.319 e. The summed E-state index contributed by atoms with van der Waals surface area (Å²) in [6.45, 7) is 3.59. The maximum absolute atomic E-state index is 12.2. The van der Waals surface area contributed by atoms with E-state index in [1.54, 1.807) is 40.1 Å². The van der Waals surface area contributed by atoms with Gasteiger partial charge in [-0.1, -0.05) is 18.2 Å². The molecule has 0 aliphatic rings. The van der Waals surface area contributed by atoms with Crippen molar-refractivity contribution < 1.29 is 9.59 Å². The zero-order valence-electron chi connectivity index (χ0n) is 14.3. The summed E-state index contributed by atoms with van der Waals surface area (Å²) in [6, 6.07) is 6.50. The molecule has 8 nitrogen and oxygen atoms in total. The largest absolute Gasteiger partial charge is 0.349 e. The summed E-state index contributed by atoms with van der Waals surface area (Å²) in [7, 11) is 3.40. The van der Waals surface area contributed by atoms with Gasteiger partial charge in [0.15, 0.2) is 5.82 Å². The van der Waals surface area contributed by atoms with E-state index < -0.39 is 0 Å². The number of carbonyl (C=O) groups is 2. The summed E-state index contributed by atoms with van der Waals surface area (Å²) in [5, 5.41) is 12.3. The molecule has 1 heterocycles. The molecule has 0 saturated heterocycles. The van der Waals surface area contributed by atoms with Gasteiger partial charge in [-0.2, -0.15) is 5.10 Å². The number of nitrogens with one attached hydrogen (secondary N) is 3. The van der Waals surface area contributed by atoms with Crippen molar-refractivity contribution in [3.8, 4) is 0 Å². The van der Waals surface area contributed by atoms with E-state index in [1.165, 1.54) is 4.90 Å². The van der Waals surface area contributed by atoms with E-state index in [1.807, 2.05) is 12.1 Å². The van der Waals surface area contributed by atoms with E-state index in [-0.39, 0.29) is 24.4 Å². The molecule has 1 aromatic carbocycles. The van der Waals surface area contributed by atoms with Crippen LogP contribution in [0.1, 0.15) is 30.2 Å². The van der Waals surface area contributed by atoms with E-state index >= 15 is 0 Å². The van der Waals surface area contributed by atoms with Crippen molar-refractivity contribution in [2.75, 3.05) is 19.4 Å². The monoisotopic (exact) mass is 330 g/mol. The number of urea groups is 1. The number of rotatable bonds is 5. The normalized spacial score (nSPS) is 11.7. The van der Waals surface area contributed by atoms with Crippen molar-refractivity contribution >= 4 is 17.6 Å². The zero-order chi connectivity index (χ0) is 17.7. The number of hydrogen-bond acceptors (Lipinski definition) is 4. The predicted molar refractivity (Wildman–Crippen MR) is 90.5 cm³/mol. The Kier molecular flexibility index (Phi) is 5.51. The maximum Gasteiger partial charge on any atom is 0.319 e. The number of aromatic nitrogens is 3. The van der Waals surface area contributed by atoms with Crippen molar-refractivity contribution in [2.45, 2.75) is 26.3 Å². The molecule has 0 aliphatic heterocycles. The lowest BCUT2D eigenvalue weighted by atomic mass is 10.1. The van der Waals surface area contributed by atoms with Gasteiger partial charge in [-0.15, -0.1) is 0 Å². The van der Waals surface area contributed by atoms with Crippen LogP contribution < -0.4 is 10.6 Å². The molecule has 0 unspecified atom stereocenters. The molecule has 24 heavy (non-hydrogen) atoms. The molecule has 0 radical (unpaired) electrons. The molecule has 1 aromatic heterocycles. The number of likely N-dealkylation sites (N-methyl/N-ethyl adjacent to an activating group) is 1. The molecule has 2 aromatic rings. The molecule has 3 amide bonds. The molecule has 128 valence electrons. The standard InChI is InChI=1S/C16H22N6O2/c1-10(15-18-11(2)20-21-15)17-16(24)19-13-8-6-5-7-12(13)9-14(23)22(3)4/h5-8,10H,9H2,1-4H3,(H2,17,19,24)(H,18,20,21)/t10-/m0/s1. The van der Waals surface area contributed by atoms with Crippen molar-refractivity contribution in [2.24, 2.45) is 0 Å². The minimum Gasteiger partial charge on any atom is -0.349 e. The average molecular weight is 330 g/mol. The number of anilines is 1. The summed E-state index contributed by atoms with van der Waals surface area (Å²) in [5.41, 5.74) is 1.36. The van der Waals surface area contributed by atoms with Gasteiger partial charge in [0.05, 0.1) is 12.5 Å². The van der Waals surface area contributed by atoms with E-state index in [0.29, 0.717) is 17.3 Å². The fourth-order valence-corrected chi connectivity index (χ4v) is 2.09. The highest BCUT2D eigenvalue weighted by atomic mass is 16.2. The molecule has 0 spiro atoms. The number of amides is 3. The molecule has 0 aliphatic carbocycles. The van der Waals surface area contributed by atoms with E-state index in [9.17, 15) is 9.59 Å². The first kappa shape index (κ1) is 17.5. The highest BCUT2D eigenvalue weighted by molar-refractivity contribution is 5.91. The van der Waals surface area contributed by atoms with Crippen LogP contribution >= 0.6 is 0 Å². The summed E-state index contributed by atoms with van der Waals surface area (Å²) >= 11 is 0. The Labute approximate surface area is 140 Å². The van der Waals surface area contributed by atoms with Gasteiger partial charge in [-0.05, 0) is 25.5 Å². The fraction of sp³-hybridized carbons (Fsp3) is 0.375. The Morgan fingerprint density at radius 2 is 2.00 bits per heavy atom. The summed E-state index contributed by atoms with van der Waals surface area (Å²) in [4.78, 5) is 29.8. The van der Waals surface area contributed by atoms with E-state index in [2.05, 4.69) is 25.8 Å². The Morgan fingerprint density at radius 3 is 2.62 bits per heavy atom. The first-order valence-corrected chi connectivity index (χ1v) is 7.61. The quantitative estimate of drug-likeness (QED) is 0.775. The third kappa shape index (κ3) is 4.55. The predicted octanol–water partition coefficient (Wildman–Crippen LogP) is 1.63. The van der Waals surface area contributed by atoms with Gasteiger partial charge in [-0.3, -0.25) is 9.89 Å². The molecule has 0 fully saturated rings. The topological polar surface area (TPSA) is 103 Å². The van der Waals surface area contributed by atoms with Gasteiger partial charge in [0.1, 0.15) is 5.82 Å². The number of aryl methyl sites for hydroxylation is 1. The molecule has 2 rings (SSSR count). The van der Waals surface area contributed by atoms with Crippen LogP contribution in [0.5, 0.6) is 0 Å². The van der Waals surface area contributed by atoms with Gasteiger partial charge in [0, 0.05) is 19.8 Å².